The number of rotatable bonds is 3. The zero-order valence-electron chi connectivity index (χ0n) is 10.5. The number of aromatic nitrogens is 1. The zero-order valence-corrected chi connectivity index (χ0v) is 13.6. The number of aromatic amines is 1. The normalized spacial score (nSPS) is 8.37. The first-order chi connectivity index (χ1) is 6.85. The van der Waals surface area contributed by atoms with E-state index in [9.17, 15) is 0 Å². The maximum atomic E-state index is 3.94. The maximum absolute atomic E-state index is 3.94. The van der Waals surface area contributed by atoms with Crippen molar-refractivity contribution in [2.24, 2.45) is 0 Å². The second kappa shape index (κ2) is 13.0. The predicted octanol–water partition coefficient (Wildman–Crippen LogP) is -3.94. The second-order valence-electron chi connectivity index (χ2n) is 3.59. The molecule has 0 bridgehead atoms. The molecule has 0 unspecified atom stereocenters. The molecule has 6 heteroatoms. The number of hydrogen-bond acceptors (Lipinski definition) is 0. The van der Waals surface area contributed by atoms with Gasteiger partial charge in [0.2, 0.25) is 0 Å². The summed E-state index contributed by atoms with van der Waals surface area (Å²) in [4.78, 5) is 3.42. The van der Waals surface area contributed by atoms with Gasteiger partial charge in [-0.1, -0.05) is 24.1 Å². The average molecular weight is 340 g/mol. The van der Waals surface area contributed by atoms with Crippen molar-refractivity contribution in [3.05, 3.63) is 49.9 Å². The van der Waals surface area contributed by atoms with Crippen molar-refractivity contribution in [2.45, 2.75) is 18.8 Å². The molecule has 0 atom stereocenters. The first-order valence-corrected chi connectivity index (χ1v) is 5.01. The minimum Gasteiger partial charge on any atom is -1.00 e. The van der Waals surface area contributed by atoms with Gasteiger partial charge in [0.1, 0.15) is 0 Å². The van der Waals surface area contributed by atoms with Crippen LogP contribution >= 0.6 is 0 Å². The third kappa shape index (κ3) is 6.30. The van der Waals surface area contributed by atoms with Crippen LogP contribution in [0.2, 0.25) is 0 Å². The number of fused-ring (bicyclic) bond motifs is 1. The van der Waals surface area contributed by atoms with Crippen LogP contribution in [0.15, 0.2) is 30.3 Å². The molecule has 106 valence electrons. The van der Waals surface area contributed by atoms with E-state index in [2.05, 4.69) is 43.1 Å². The molecule has 1 aromatic carbocycles. The van der Waals surface area contributed by atoms with Crippen molar-refractivity contribution in [3.63, 3.8) is 0 Å². The summed E-state index contributed by atoms with van der Waals surface area (Å²) in [6.45, 7) is 7.89. The van der Waals surface area contributed by atoms with E-state index in [0.29, 0.717) is 5.92 Å². The quantitative estimate of drug-likeness (QED) is 0.438. The Morgan fingerprint density at radius 2 is 1.53 bits per heavy atom. The van der Waals surface area contributed by atoms with Gasteiger partial charge in [0.25, 0.3) is 0 Å². The SMILES string of the molecule is O.O.[CH2-]CC(C[CH2-])c1cc2ccccc2[nH]1.[Cl-].[Cl-].[Ti+4]. The molecule has 0 aliphatic carbocycles. The molecule has 2 rings (SSSR count). The molecule has 0 aliphatic heterocycles. The Hall–Kier alpha value is -0.0257. The van der Waals surface area contributed by atoms with Gasteiger partial charge in [0.15, 0.2) is 0 Å². The predicted molar refractivity (Wildman–Crippen MR) is 68.2 cm³/mol. The number of hydrogen-bond donors (Lipinski definition) is 1. The van der Waals surface area contributed by atoms with E-state index in [-0.39, 0.29) is 57.5 Å². The standard InChI is InChI=1S/C13H15N.2ClH.2H2O.Ti/c1-3-10(4-2)13-9-11-7-5-6-8-12(11)14-13;;;;;/h5-10,14H,1-4H2;2*1H;2*1H2;/q-2;;;;;+4/p-2. The zero-order chi connectivity index (χ0) is 9.97. The topological polar surface area (TPSA) is 78.8 Å². The maximum Gasteiger partial charge on any atom is 4.00 e. The minimum absolute atomic E-state index is 0. The van der Waals surface area contributed by atoms with Gasteiger partial charge < -0.3 is 54.6 Å². The fourth-order valence-corrected chi connectivity index (χ4v) is 1.77. The Kier molecular flexibility index (Phi) is 18.7. The Bertz CT molecular complexity index is 400. The number of H-pyrrole nitrogens is 1. The third-order valence-corrected chi connectivity index (χ3v) is 2.69. The molecule has 19 heavy (non-hydrogen) atoms. The van der Waals surface area contributed by atoms with E-state index in [1.54, 1.807) is 0 Å². The Labute approximate surface area is 141 Å². The molecule has 0 saturated carbocycles. The number of benzene rings is 1. The van der Waals surface area contributed by atoms with Crippen LogP contribution in [0.4, 0.5) is 0 Å². The molecular weight excluding hydrogens is 321 g/mol. The van der Waals surface area contributed by atoms with E-state index in [4.69, 9.17) is 0 Å². The number of para-hydroxylation sites is 1. The van der Waals surface area contributed by atoms with Gasteiger partial charge in [-0.3, -0.25) is 0 Å². The molecule has 0 saturated heterocycles. The van der Waals surface area contributed by atoms with Crippen molar-refractivity contribution >= 4 is 10.9 Å². The van der Waals surface area contributed by atoms with Crippen LogP contribution in [-0.4, -0.2) is 15.9 Å². The van der Waals surface area contributed by atoms with E-state index >= 15 is 0 Å². The van der Waals surface area contributed by atoms with Gasteiger partial charge in [-0.25, -0.2) is 0 Å². The minimum atomic E-state index is 0. The molecule has 3 nitrogen and oxygen atoms in total. The van der Waals surface area contributed by atoms with Crippen LogP contribution in [0.3, 0.4) is 0 Å². The van der Waals surface area contributed by atoms with Crippen molar-refractivity contribution in [3.8, 4) is 0 Å². The molecule has 1 aromatic heterocycles. The summed E-state index contributed by atoms with van der Waals surface area (Å²) in [6, 6.07) is 10.5. The van der Waals surface area contributed by atoms with Crippen molar-refractivity contribution < 1.29 is 57.5 Å². The van der Waals surface area contributed by atoms with Gasteiger partial charge in [0, 0.05) is 11.2 Å². The van der Waals surface area contributed by atoms with Crippen LogP contribution in [0.1, 0.15) is 24.5 Å². The molecule has 0 spiro atoms. The summed E-state index contributed by atoms with van der Waals surface area (Å²) in [5.74, 6) is 0.461. The molecule has 0 fully saturated rings. The molecule has 1 heterocycles. The molecule has 0 radical (unpaired) electrons. The van der Waals surface area contributed by atoms with Crippen molar-refractivity contribution in [2.75, 3.05) is 0 Å². The average Bonchev–Trinajstić information content (AvgIpc) is 2.63. The smallest absolute Gasteiger partial charge is 1.00 e. The molecule has 0 aliphatic rings. The van der Waals surface area contributed by atoms with Gasteiger partial charge in [-0.05, 0) is 17.5 Å². The molecule has 0 amide bonds. The summed E-state index contributed by atoms with van der Waals surface area (Å²) >= 11 is 0. The summed E-state index contributed by atoms with van der Waals surface area (Å²) in [6.07, 6.45) is 1.80. The molecular formula is C13H19Cl2NO2Ti. The molecule has 2 aromatic rings. The van der Waals surface area contributed by atoms with Gasteiger partial charge in [0.05, 0.1) is 0 Å². The van der Waals surface area contributed by atoms with Gasteiger partial charge in [-0.2, -0.15) is 12.8 Å². The number of nitrogens with one attached hydrogen (secondary N) is 1. The van der Waals surface area contributed by atoms with Crippen LogP contribution in [-0.2, 0) is 21.7 Å². The van der Waals surface area contributed by atoms with Crippen LogP contribution in [0, 0.1) is 13.8 Å². The Balaban J connectivity index is -0.000000225. The summed E-state index contributed by atoms with van der Waals surface area (Å²) in [7, 11) is 0. The first kappa shape index (κ1) is 27.3. The van der Waals surface area contributed by atoms with Crippen LogP contribution in [0.25, 0.3) is 10.9 Å². The Morgan fingerprint density at radius 1 is 1.00 bits per heavy atom. The first-order valence-electron chi connectivity index (χ1n) is 5.01. The van der Waals surface area contributed by atoms with E-state index < -0.39 is 0 Å². The van der Waals surface area contributed by atoms with E-state index in [1.165, 1.54) is 16.6 Å². The fraction of sp³-hybridized carbons (Fsp3) is 0.231. The van der Waals surface area contributed by atoms with E-state index in [1.807, 2.05) is 6.07 Å². The van der Waals surface area contributed by atoms with Crippen molar-refractivity contribution in [1.82, 2.24) is 4.98 Å². The van der Waals surface area contributed by atoms with Crippen LogP contribution in [0.5, 0.6) is 0 Å². The summed E-state index contributed by atoms with van der Waals surface area (Å²) < 4.78 is 0. The van der Waals surface area contributed by atoms with Gasteiger partial charge in [-0.15, -0.1) is 0 Å². The fourth-order valence-electron chi connectivity index (χ4n) is 1.77. The van der Waals surface area contributed by atoms with Crippen LogP contribution < -0.4 is 24.8 Å². The van der Waals surface area contributed by atoms with E-state index in [0.717, 1.165) is 12.8 Å². The largest absolute Gasteiger partial charge is 4.00 e. The third-order valence-electron chi connectivity index (χ3n) is 2.69. The number of halogens is 2. The summed E-state index contributed by atoms with van der Waals surface area (Å²) in [5, 5.41) is 1.27. The molecule has 5 N–H and O–H groups in total. The monoisotopic (exact) mass is 339 g/mol. The van der Waals surface area contributed by atoms with Gasteiger partial charge >= 0.3 is 21.7 Å². The Morgan fingerprint density at radius 3 is 2.00 bits per heavy atom. The second-order valence-corrected chi connectivity index (χ2v) is 3.59. The summed E-state index contributed by atoms with van der Waals surface area (Å²) in [5.41, 5.74) is 2.46. The van der Waals surface area contributed by atoms with Crippen molar-refractivity contribution in [1.29, 1.82) is 0 Å².